The molecule has 2 fully saturated rings. The van der Waals surface area contributed by atoms with Crippen LogP contribution < -0.4 is 0 Å². The summed E-state index contributed by atoms with van der Waals surface area (Å²) in [5.41, 5.74) is 0.641. The number of carbonyl (C=O) groups excluding carboxylic acids is 1. The molecule has 1 atom stereocenters. The molecule has 2 aliphatic heterocycles. The Kier molecular flexibility index (Phi) is 5.87. The number of hydrogen-bond acceptors (Lipinski definition) is 4. The van der Waals surface area contributed by atoms with Crippen LogP contribution in [0.2, 0.25) is 0 Å². The van der Waals surface area contributed by atoms with E-state index < -0.39 is 0 Å². The zero-order valence-corrected chi connectivity index (χ0v) is 14.4. The third-order valence-corrected chi connectivity index (χ3v) is 5.07. The van der Waals surface area contributed by atoms with Crippen molar-refractivity contribution in [3.05, 3.63) is 35.9 Å². The molecule has 132 valence electrons. The molecule has 2 heterocycles. The van der Waals surface area contributed by atoms with Crippen molar-refractivity contribution in [2.75, 3.05) is 40.0 Å². The molecule has 1 unspecified atom stereocenters. The minimum absolute atomic E-state index is 0.120. The molecule has 0 radical (unpaired) electrons. The van der Waals surface area contributed by atoms with Gasteiger partial charge in [-0.2, -0.15) is 0 Å². The van der Waals surface area contributed by atoms with Gasteiger partial charge in [0.2, 0.25) is 0 Å². The molecule has 0 saturated carbocycles. The second-order valence-corrected chi connectivity index (χ2v) is 6.67. The number of amides is 1. The summed E-state index contributed by atoms with van der Waals surface area (Å²) >= 11 is 0. The fraction of sp³-hybridized carbons (Fsp3) is 0.632. The van der Waals surface area contributed by atoms with Gasteiger partial charge in [-0.1, -0.05) is 18.2 Å². The Balaban J connectivity index is 1.53. The number of hydrogen-bond donors (Lipinski definition) is 0. The van der Waals surface area contributed by atoms with Gasteiger partial charge in [-0.15, -0.1) is 0 Å². The van der Waals surface area contributed by atoms with Crippen LogP contribution in [0, 0.1) is 0 Å². The molecular weight excluding hydrogens is 306 g/mol. The minimum atomic E-state index is -0.122. The number of nitrogens with zero attached hydrogens (tertiary/aromatic N) is 1. The largest absolute Gasteiger partial charge is 0.382 e. The lowest BCUT2D eigenvalue weighted by atomic mass is 9.83. The van der Waals surface area contributed by atoms with E-state index in [-0.39, 0.29) is 17.6 Å². The maximum Gasteiger partial charge on any atom is 0.253 e. The first-order valence-corrected chi connectivity index (χ1v) is 8.81. The van der Waals surface area contributed by atoms with E-state index in [0.717, 1.165) is 50.9 Å². The lowest BCUT2D eigenvalue weighted by molar-refractivity contribution is -0.154. The highest BCUT2D eigenvalue weighted by molar-refractivity contribution is 5.94. The van der Waals surface area contributed by atoms with E-state index >= 15 is 0 Å². The van der Waals surface area contributed by atoms with Gasteiger partial charge in [-0.3, -0.25) is 4.79 Å². The molecule has 5 nitrogen and oxygen atoms in total. The highest BCUT2D eigenvalue weighted by Gasteiger charge is 2.41. The maximum absolute atomic E-state index is 12.6. The molecule has 3 rings (SSSR count). The number of methoxy groups -OCH3 is 1. The van der Waals surface area contributed by atoms with E-state index in [1.54, 1.807) is 7.11 Å². The minimum Gasteiger partial charge on any atom is -0.382 e. The summed E-state index contributed by atoms with van der Waals surface area (Å²) in [5.74, 6) is 0.120. The van der Waals surface area contributed by atoms with Crippen molar-refractivity contribution in [1.29, 1.82) is 0 Å². The van der Waals surface area contributed by atoms with Crippen LogP contribution in [0.15, 0.2) is 30.3 Å². The highest BCUT2D eigenvalue weighted by Crippen LogP contribution is 2.36. The van der Waals surface area contributed by atoms with Gasteiger partial charge in [0.15, 0.2) is 0 Å². The van der Waals surface area contributed by atoms with Gasteiger partial charge in [0.05, 0.1) is 24.9 Å². The summed E-state index contributed by atoms with van der Waals surface area (Å²) in [6, 6.07) is 9.50. The molecule has 1 spiro atoms. The Morgan fingerprint density at radius 3 is 2.71 bits per heavy atom. The van der Waals surface area contributed by atoms with Crippen LogP contribution in [0.1, 0.15) is 36.0 Å². The summed E-state index contributed by atoms with van der Waals surface area (Å²) in [6.07, 6.45) is 3.87. The van der Waals surface area contributed by atoms with Crippen molar-refractivity contribution in [2.24, 2.45) is 0 Å². The third-order valence-electron chi connectivity index (χ3n) is 5.07. The number of piperidine rings is 1. The molecule has 24 heavy (non-hydrogen) atoms. The van der Waals surface area contributed by atoms with E-state index in [1.807, 2.05) is 35.2 Å². The van der Waals surface area contributed by atoms with E-state index in [9.17, 15) is 4.79 Å². The van der Waals surface area contributed by atoms with Crippen LogP contribution in [0.3, 0.4) is 0 Å². The van der Waals surface area contributed by atoms with Crippen LogP contribution >= 0.6 is 0 Å². The number of benzene rings is 1. The van der Waals surface area contributed by atoms with Crippen molar-refractivity contribution in [2.45, 2.75) is 37.4 Å². The Morgan fingerprint density at radius 2 is 2.00 bits per heavy atom. The van der Waals surface area contributed by atoms with E-state index in [4.69, 9.17) is 14.2 Å². The molecule has 2 saturated heterocycles. The molecular formula is C19H27NO4. The van der Waals surface area contributed by atoms with Crippen LogP contribution in [0.4, 0.5) is 0 Å². The SMILES string of the molecule is COCCOC1CCOC2(CCN(C(=O)c3ccccc3)CC2)C1. The van der Waals surface area contributed by atoms with Gasteiger partial charge in [-0.25, -0.2) is 0 Å². The first-order chi connectivity index (χ1) is 11.7. The molecule has 0 N–H and O–H groups in total. The number of likely N-dealkylation sites (tertiary alicyclic amines) is 1. The van der Waals surface area contributed by atoms with Gasteiger partial charge in [0.25, 0.3) is 5.91 Å². The van der Waals surface area contributed by atoms with E-state index in [0.29, 0.717) is 13.2 Å². The molecule has 0 aliphatic carbocycles. The molecule has 5 heteroatoms. The van der Waals surface area contributed by atoms with Gasteiger partial charge >= 0.3 is 0 Å². The summed E-state index contributed by atoms with van der Waals surface area (Å²) in [4.78, 5) is 14.5. The van der Waals surface area contributed by atoms with E-state index in [2.05, 4.69) is 0 Å². The Bertz CT molecular complexity index is 525. The molecule has 0 bridgehead atoms. The van der Waals surface area contributed by atoms with Gasteiger partial charge in [-0.05, 0) is 31.4 Å². The number of rotatable bonds is 5. The highest BCUT2D eigenvalue weighted by atomic mass is 16.5. The Hall–Kier alpha value is -1.43. The molecule has 1 aromatic carbocycles. The van der Waals surface area contributed by atoms with Crippen LogP contribution in [-0.2, 0) is 14.2 Å². The standard InChI is InChI=1S/C19H27NO4/c1-22-13-14-23-17-7-12-24-19(15-17)8-10-20(11-9-19)18(21)16-5-3-2-4-6-16/h2-6,17H,7-15H2,1H3. The topological polar surface area (TPSA) is 48.0 Å². The quantitative estimate of drug-likeness (QED) is 0.777. The normalized spacial score (nSPS) is 23.4. The fourth-order valence-electron chi connectivity index (χ4n) is 3.65. The summed E-state index contributed by atoms with van der Waals surface area (Å²) < 4.78 is 17.1. The molecule has 0 aromatic heterocycles. The number of ether oxygens (including phenoxy) is 3. The fourth-order valence-corrected chi connectivity index (χ4v) is 3.65. The zero-order valence-electron chi connectivity index (χ0n) is 14.4. The summed E-state index contributed by atoms with van der Waals surface area (Å²) in [5, 5.41) is 0. The Morgan fingerprint density at radius 1 is 1.25 bits per heavy atom. The second kappa shape index (κ2) is 8.10. The molecule has 1 aromatic rings. The Labute approximate surface area is 143 Å². The lowest BCUT2D eigenvalue weighted by Gasteiger charge is -2.46. The van der Waals surface area contributed by atoms with E-state index in [1.165, 1.54) is 0 Å². The van der Waals surface area contributed by atoms with Crippen molar-refractivity contribution in [1.82, 2.24) is 4.90 Å². The first kappa shape index (κ1) is 17.4. The van der Waals surface area contributed by atoms with Crippen molar-refractivity contribution in [3.8, 4) is 0 Å². The van der Waals surface area contributed by atoms with Gasteiger partial charge in [0, 0.05) is 38.8 Å². The second-order valence-electron chi connectivity index (χ2n) is 6.67. The van der Waals surface area contributed by atoms with Gasteiger partial charge < -0.3 is 19.1 Å². The lowest BCUT2D eigenvalue weighted by Crippen LogP contribution is -2.52. The van der Waals surface area contributed by atoms with Crippen LogP contribution in [0.25, 0.3) is 0 Å². The molecule has 2 aliphatic rings. The summed E-state index contributed by atoms with van der Waals surface area (Å²) in [6.45, 7) is 3.50. The van der Waals surface area contributed by atoms with Crippen LogP contribution in [-0.4, -0.2) is 62.5 Å². The van der Waals surface area contributed by atoms with Crippen molar-refractivity contribution >= 4 is 5.91 Å². The van der Waals surface area contributed by atoms with Gasteiger partial charge in [0.1, 0.15) is 0 Å². The average Bonchev–Trinajstić information content (AvgIpc) is 2.63. The maximum atomic E-state index is 12.6. The number of carbonyl (C=O) groups is 1. The third kappa shape index (κ3) is 4.15. The predicted octanol–water partition coefficient (Wildman–Crippen LogP) is 2.50. The van der Waals surface area contributed by atoms with Crippen LogP contribution in [0.5, 0.6) is 0 Å². The average molecular weight is 333 g/mol. The zero-order chi connectivity index (χ0) is 16.8. The van der Waals surface area contributed by atoms with Crippen molar-refractivity contribution < 1.29 is 19.0 Å². The smallest absolute Gasteiger partial charge is 0.253 e. The molecule has 1 amide bonds. The first-order valence-electron chi connectivity index (χ1n) is 8.81. The monoisotopic (exact) mass is 333 g/mol. The predicted molar refractivity (Wildman–Crippen MR) is 91.1 cm³/mol. The summed E-state index contributed by atoms with van der Waals surface area (Å²) in [7, 11) is 1.69. The van der Waals surface area contributed by atoms with Crippen molar-refractivity contribution in [3.63, 3.8) is 0 Å².